The number of aromatic nitrogens is 1. The Morgan fingerprint density at radius 2 is 2.33 bits per heavy atom. The molecule has 1 amide bonds. The van der Waals surface area contributed by atoms with Crippen molar-refractivity contribution < 1.29 is 4.79 Å². The fraction of sp³-hybridized carbons (Fsp3) is 0.500. The van der Waals surface area contributed by atoms with Crippen LogP contribution in [0, 0.1) is 11.8 Å². The molecule has 0 saturated heterocycles. The van der Waals surface area contributed by atoms with Crippen LogP contribution in [0.4, 0.5) is 5.69 Å². The lowest BCUT2D eigenvalue weighted by atomic mass is 9.93. The van der Waals surface area contributed by atoms with Crippen LogP contribution in [0.25, 0.3) is 10.2 Å². The zero-order valence-corrected chi connectivity index (χ0v) is 13.2. The van der Waals surface area contributed by atoms with Crippen molar-refractivity contribution in [1.29, 1.82) is 0 Å². The monoisotopic (exact) mass is 303 g/mol. The highest BCUT2D eigenvalue weighted by Crippen LogP contribution is 2.35. The zero-order valence-electron chi connectivity index (χ0n) is 12.4. The number of nitrogens with zero attached hydrogens (tertiary/aromatic N) is 1. The van der Waals surface area contributed by atoms with Crippen molar-refractivity contribution in [1.82, 2.24) is 10.3 Å². The molecule has 0 bridgehead atoms. The number of fused-ring (bicyclic) bond motifs is 1. The summed E-state index contributed by atoms with van der Waals surface area (Å²) in [6, 6.07) is 4.02. The third-order valence-electron chi connectivity index (χ3n) is 4.78. The first-order valence-corrected chi connectivity index (χ1v) is 8.37. The van der Waals surface area contributed by atoms with Gasteiger partial charge >= 0.3 is 0 Å². The first kappa shape index (κ1) is 14.3. The van der Waals surface area contributed by atoms with Crippen molar-refractivity contribution in [3.8, 4) is 0 Å². The maximum absolute atomic E-state index is 12.5. The minimum Gasteiger partial charge on any atom is -0.397 e. The molecule has 112 valence electrons. The van der Waals surface area contributed by atoms with E-state index in [9.17, 15) is 4.79 Å². The van der Waals surface area contributed by atoms with Gasteiger partial charge in [0.1, 0.15) is 9.71 Å². The molecular formula is C16H21N3OS. The van der Waals surface area contributed by atoms with E-state index in [1.165, 1.54) is 24.2 Å². The second-order valence-corrected chi connectivity index (χ2v) is 6.88. The number of hydrogen-bond donors (Lipinski definition) is 2. The van der Waals surface area contributed by atoms with E-state index in [4.69, 9.17) is 5.73 Å². The average molecular weight is 303 g/mol. The molecule has 2 heterocycles. The van der Waals surface area contributed by atoms with E-state index in [2.05, 4.69) is 24.1 Å². The molecule has 1 fully saturated rings. The molecule has 3 N–H and O–H groups in total. The number of anilines is 1. The van der Waals surface area contributed by atoms with E-state index in [-0.39, 0.29) is 11.9 Å². The Bertz CT molecular complexity index is 667. The predicted molar refractivity (Wildman–Crippen MR) is 87.5 cm³/mol. The van der Waals surface area contributed by atoms with Gasteiger partial charge in [-0.2, -0.15) is 0 Å². The van der Waals surface area contributed by atoms with Gasteiger partial charge in [-0.05, 0) is 36.8 Å². The van der Waals surface area contributed by atoms with E-state index in [1.54, 1.807) is 6.20 Å². The largest absolute Gasteiger partial charge is 0.397 e. The molecule has 0 aliphatic heterocycles. The van der Waals surface area contributed by atoms with E-state index in [0.717, 1.165) is 22.6 Å². The Hall–Kier alpha value is -1.62. The Morgan fingerprint density at radius 3 is 3.00 bits per heavy atom. The fourth-order valence-corrected chi connectivity index (χ4v) is 4.35. The van der Waals surface area contributed by atoms with Gasteiger partial charge in [0.2, 0.25) is 0 Å². The maximum Gasteiger partial charge on any atom is 0.263 e. The number of thiophene rings is 1. The van der Waals surface area contributed by atoms with E-state index >= 15 is 0 Å². The lowest BCUT2D eigenvalue weighted by Gasteiger charge is -2.20. The van der Waals surface area contributed by atoms with Crippen LogP contribution in [0.1, 0.15) is 42.8 Å². The van der Waals surface area contributed by atoms with Gasteiger partial charge < -0.3 is 11.1 Å². The molecule has 3 atom stereocenters. The Kier molecular flexibility index (Phi) is 3.85. The molecule has 5 heteroatoms. The number of amides is 1. The molecule has 0 spiro atoms. The number of hydrogen-bond acceptors (Lipinski definition) is 4. The van der Waals surface area contributed by atoms with Crippen molar-refractivity contribution in [2.24, 2.45) is 11.8 Å². The maximum atomic E-state index is 12.5. The first-order valence-electron chi connectivity index (χ1n) is 7.55. The van der Waals surface area contributed by atoms with Gasteiger partial charge in [0, 0.05) is 17.6 Å². The summed E-state index contributed by atoms with van der Waals surface area (Å²) in [5, 5.41) is 4.05. The minimum absolute atomic E-state index is 0.0518. The second-order valence-electron chi connectivity index (χ2n) is 5.89. The van der Waals surface area contributed by atoms with Gasteiger partial charge in [-0.3, -0.25) is 4.79 Å². The lowest BCUT2D eigenvalue weighted by Crippen LogP contribution is -2.37. The number of carbonyl (C=O) groups excluding carboxylic acids is 1. The summed E-state index contributed by atoms with van der Waals surface area (Å²) in [6.07, 6.45) is 5.17. The van der Waals surface area contributed by atoms with E-state index in [0.29, 0.717) is 16.5 Å². The van der Waals surface area contributed by atoms with Gasteiger partial charge in [-0.15, -0.1) is 11.3 Å². The van der Waals surface area contributed by atoms with Crippen LogP contribution in [0.15, 0.2) is 18.3 Å². The van der Waals surface area contributed by atoms with Crippen LogP contribution in [0.5, 0.6) is 0 Å². The number of nitrogens with one attached hydrogen (secondary N) is 1. The highest BCUT2D eigenvalue weighted by Gasteiger charge is 2.33. The van der Waals surface area contributed by atoms with Crippen LogP contribution in [0.2, 0.25) is 0 Å². The van der Waals surface area contributed by atoms with Crippen LogP contribution in [0.3, 0.4) is 0 Å². The third kappa shape index (κ3) is 2.50. The number of nitrogens with two attached hydrogens (primary N) is 1. The fourth-order valence-electron chi connectivity index (χ4n) is 3.38. The van der Waals surface area contributed by atoms with Gasteiger partial charge in [-0.25, -0.2) is 4.98 Å². The minimum atomic E-state index is -0.0518. The first-order chi connectivity index (χ1) is 10.1. The van der Waals surface area contributed by atoms with Crippen LogP contribution in [-0.4, -0.2) is 16.9 Å². The van der Waals surface area contributed by atoms with Crippen molar-refractivity contribution in [3.05, 3.63) is 23.2 Å². The van der Waals surface area contributed by atoms with Crippen LogP contribution < -0.4 is 11.1 Å². The Balaban J connectivity index is 1.80. The summed E-state index contributed by atoms with van der Waals surface area (Å²) in [5.74, 6) is 1.20. The van der Waals surface area contributed by atoms with Crippen molar-refractivity contribution >= 4 is 33.1 Å². The molecule has 1 aliphatic carbocycles. The number of nitrogen functional groups attached to an aromatic ring is 1. The van der Waals surface area contributed by atoms with Gasteiger partial charge in [0.15, 0.2) is 0 Å². The molecular weight excluding hydrogens is 282 g/mol. The normalized spacial score (nSPS) is 25.3. The van der Waals surface area contributed by atoms with Crippen LogP contribution in [-0.2, 0) is 0 Å². The molecule has 4 nitrogen and oxygen atoms in total. The Morgan fingerprint density at radius 1 is 1.52 bits per heavy atom. The summed E-state index contributed by atoms with van der Waals surface area (Å²) in [7, 11) is 0. The second kappa shape index (κ2) is 5.64. The molecule has 1 aliphatic rings. The molecule has 1 saturated carbocycles. The smallest absolute Gasteiger partial charge is 0.263 e. The van der Waals surface area contributed by atoms with Crippen molar-refractivity contribution in [2.45, 2.75) is 39.2 Å². The summed E-state index contributed by atoms with van der Waals surface area (Å²) < 4.78 is 0. The highest BCUT2D eigenvalue weighted by molar-refractivity contribution is 7.21. The predicted octanol–water partition coefficient (Wildman–Crippen LogP) is 3.43. The molecule has 0 radical (unpaired) electrons. The number of rotatable bonds is 3. The molecule has 3 rings (SSSR count). The standard InChI is InChI=1S/C16H21N3OS/c1-3-10-6-7-12(9(10)2)19-15(20)14-13(17)11-5-4-8-18-16(11)21-14/h4-5,8-10,12H,3,6-7,17H2,1-2H3,(H,19,20). The molecule has 2 aromatic rings. The number of carbonyl (C=O) groups is 1. The van der Waals surface area contributed by atoms with E-state index < -0.39 is 0 Å². The average Bonchev–Trinajstić information content (AvgIpc) is 3.01. The summed E-state index contributed by atoms with van der Waals surface area (Å²) in [4.78, 5) is 18.2. The summed E-state index contributed by atoms with van der Waals surface area (Å²) in [6.45, 7) is 4.46. The Labute approximate surface area is 128 Å². The van der Waals surface area contributed by atoms with Crippen molar-refractivity contribution in [3.63, 3.8) is 0 Å². The molecule has 0 aromatic carbocycles. The molecule has 21 heavy (non-hydrogen) atoms. The van der Waals surface area contributed by atoms with Crippen molar-refractivity contribution in [2.75, 3.05) is 5.73 Å². The van der Waals surface area contributed by atoms with Gasteiger partial charge in [-0.1, -0.05) is 20.3 Å². The van der Waals surface area contributed by atoms with E-state index in [1.807, 2.05) is 12.1 Å². The molecule has 3 unspecified atom stereocenters. The molecule has 2 aromatic heterocycles. The van der Waals surface area contributed by atoms with Gasteiger partial charge in [0.25, 0.3) is 5.91 Å². The quantitative estimate of drug-likeness (QED) is 0.912. The SMILES string of the molecule is CCC1CCC(NC(=O)c2sc3ncccc3c2N)C1C. The summed E-state index contributed by atoms with van der Waals surface area (Å²) >= 11 is 1.37. The van der Waals surface area contributed by atoms with Crippen LogP contribution >= 0.6 is 11.3 Å². The summed E-state index contributed by atoms with van der Waals surface area (Å²) in [5.41, 5.74) is 6.67. The zero-order chi connectivity index (χ0) is 15.0. The third-order valence-corrected chi connectivity index (χ3v) is 5.91. The van der Waals surface area contributed by atoms with Gasteiger partial charge in [0.05, 0.1) is 5.69 Å². The lowest BCUT2D eigenvalue weighted by molar-refractivity contribution is 0.0931. The topological polar surface area (TPSA) is 68.0 Å². The number of pyridine rings is 1. The highest BCUT2D eigenvalue weighted by atomic mass is 32.1.